The summed E-state index contributed by atoms with van der Waals surface area (Å²) < 4.78 is 58.0. The fraction of sp³-hybridized carbons (Fsp3) is 0.500. The van der Waals surface area contributed by atoms with Crippen molar-refractivity contribution in [3.05, 3.63) is 29.6 Å². The van der Waals surface area contributed by atoms with Crippen LogP contribution in [0.2, 0.25) is 0 Å². The molecule has 0 fully saturated rings. The van der Waals surface area contributed by atoms with Gasteiger partial charge in [-0.05, 0) is 24.7 Å². The third-order valence-electron chi connectivity index (χ3n) is 2.07. The van der Waals surface area contributed by atoms with Crippen LogP contribution in [0.1, 0.15) is 5.56 Å². The van der Waals surface area contributed by atoms with Gasteiger partial charge in [0, 0.05) is 12.6 Å². The number of rotatable bonds is 7. The SMILES string of the molecule is CNCc1cc(F)cc(OCCOCC(F)(F)F)c1. The van der Waals surface area contributed by atoms with E-state index in [1.54, 1.807) is 13.1 Å². The van der Waals surface area contributed by atoms with E-state index < -0.39 is 18.6 Å². The molecule has 0 bridgehead atoms. The minimum Gasteiger partial charge on any atom is -0.491 e. The summed E-state index contributed by atoms with van der Waals surface area (Å²) in [5, 5.41) is 2.86. The number of hydrogen-bond donors (Lipinski definition) is 1. The zero-order valence-corrected chi connectivity index (χ0v) is 10.4. The molecular weight excluding hydrogens is 266 g/mol. The maximum Gasteiger partial charge on any atom is 0.411 e. The summed E-state index contributed by atoms with van der Waals surface area (Å²) in [6, 6.07) is 4.13. The van der Waals surface area contributed by atoms with Gasteiger partial charge in [-0.3, -0.25) is 0 Å². The molecule has 0 saturated heterocycles. The monoisotopic (exact) mass is 281 g/mol. The van der Waals surface area contributed by atoms with Crippen LogP contribution in [0.3, 0.4) is 0 Å². The molecule has 19 heavy (non-hydrogen) atoms. The summed E-state index contributed by atoms with van der Waals surface area (Å²) in [5.41, 5.74) is 0.689. The van der Waals surface area contributed by atoms with E-state index in [0.717, 1.165) is 0 Å². The maximum atomic E-state index is 13.2. The van der Waals surface area contributed by atoms with Crippen LogP contribution in [0.5, 0.6) is 5.75 Å². The molecule has 1 aromatic rings. The van der Waals surface area contributed by atoms with Crippen LogP contribution >= 0.6 is 0 Å². The molecule has 0 radical (unpaired) electrons. The molecule has 0 unspecified atom stereocenters. The molecule has 0 aliphatic rings. The third kappa shape index (κ3) is 6.97. The van der Waals surface area contributed by atoms with Crippen LogP contribution < -0.4 is 10.1 Å². The second kappa shape index (κ2) is 7.30. The predicted molar refractivity (Wildman–Crippen MR) is 61.5 cm³/mol. The van der Waals surface area contributed by atoms with Crippen LogP contribution in [0.25, 0.3) is 0 Å². The van der Waals surface area contributed by atoms with Gasteiger partial charge < -0.3 is 14.8 Å². The molecule has 0 atom stereocenters. The lowest BCUT2D eigenvalue weighted by atomic mass is 10.2. The highest BCUT2D eigenvalue weighted by molar-refractivity contribution is 5.29. The van der Waals surface area contributed by atoms with Crippen molar-refractivity contribution in [1.29, 1.82) is 0 Å². The van der Waals surface area contributed by atoms with Gasteiger partial charge in [-0.2, -0.15) is 13.2 Å². The molecule has 0 heterocycles. The van der Waals surface area contributed by atoms with Gasteiger partial charge in [0.25, 0.3) is 0 Å². The van der Waals surface area contributed by atoms with E-state index in [0.29, 0.717) is 12.1 Å². The van der Waals surface area contributed by atoms with Crippen molar-refractivity contribution in [1.82, 2.24) is 5.32 Å². The molecule has 0 aliphatic carbocycles. The number of hydrogen-bond acceptors (Lipinski definition) is 3. The van der Waals surface area contributed by atoms with Gasteiger partial charge >= 0.3 is 6.18 Å². The van der Waals surface area contributed by atoms with Gasteiger partial charge in [0.2, 0.25) is 0 Å². The highest BCUT2D eigenvalue weighted by Gasteiger charge is 2.27. The van der Waals surface area contributed by atoms with Crippen LogP contribution in [-0.2, 0) is 11.3 Å². The first-order valence-corrected chi connectivity index (χ1v) is 5.62. The highest BCUT2D eigenvalue weighted by atomic mass is 19.4. The highest BCUT2D eigenvalue weighted by Crippen LogP contribution is 2.17. The van der Waals surface area contributed by atoms with Gasteiger partial charge in [-0.15, -0.1) is 0 Å². The minimum absolute atomic E-state index is 0.0709. The first-order chi connectivity index (χ1) is 8.90. The molecular formula is C12H15F4NO2. The Balaban J connectivity index is 2.36. The summed E-state index contributed by atoms with van der Waals surface area (Å²) in [6.45, 7) is -1.13. The van der Waals surface area contributed by atoms with Crippen molar-refractivity contribution >= 4 is 0 Å². The fourth-order valence-electron chi connectivity index (χ4n) is 1.42. The quantitative estimate of drug-likeness (QED) is 0.615. The molecule has 1 N–H and O–H groups in total. The zero-order chi connectivity index (χ0) is 14.3. The third-order valence-corrected chi connectivity index (χ3v) is 2.07. The fourth-order valence-corrected chi connectivity index (χ4v) is 1.42. The molecule has 1 rings (SSSR count). The van der Waals surface area contributed by atoms with Crippen LogP contribution in [-0.4, -0.2) is 33.0 Å². The van der Waals surface area contributed by atoms with E-state index in [4.69, 9.17) is 4.74 Å². The molecule has 7 heteroatoms. The number of nitrogens with one attached hydrogen (secondary N) is 1. The normalized spacial score (nSPS) is 11.6. The second-order valence-corrected chi connectivity index (χ2v) is 3.84. The molecule has 1 aromatic carbocycles. The summed E-state index contributed by atoms with van der Waals surface area (Å²) >= 11 is 0. The molecule has 0 saturated carbocycles. The summed E-state index contributed by atoms with van der Waals surface area (Å²) in [5.74, 6) is -0.195. The Morgan fingerprint density at radius 2 is 1.89 bits per heavy atom. The Bertz CT molecular complexity index is 396. The lowest BCUT2D eigenvalue weighted by Gasteiger charge is -2.10. The second-order valence-electron chi connectivity index (χ2n) is 3.84. The van der Waals surface area contributed by atoms with Gasteiger partial charge in [0.15, 0.2) is 0 Å². The van der Waals surface area contributed by atoms with Gasteiger partial charge in [-0.1, -0.05) is 0 Å². The molecule has 0 aromatic heterocycles. The standard InChI is InChI=1S/C12H15F4NO2/c1-17-7-9-4-10(13)6-11(5-9)19-3-2-18-8-12(14,15)16/h4-6,17H,2-3,7-8H2,1H3. The Kier molecular flexibility index (Phi) is 6.04. The molecule has 0 spiro atoms. The minimum atomic E-state index is -4.35. The summed E-state index contributed by atoms with van der Waals surface area (Å²) in [7, 11) is 1.72. The smallest absolute Gasteiger partial charge is 0.411 e. The summed E-state index contributed by atoms with van der Waals surface area (Å²) in [6.07, 6.45) is -4.35. The summed E-state index contributed by atoms with van der Waals surface area (Å²) in [4.78, 5) is 0. The van der Waals surface area contributed by atoms with Crippen molar-refractivity contribution in [3.8, 4) is 5.75 Å². The molecule has 0 aliphatic heterocycles. The lowest BCUT2D eigenvalue weighted by Crippen LogP contribution is -2.19. The Labute approximate surface area is 108 Å². The Hall–Kier alpha value is -1.34. The van der Waals surface area contributed by atoms with Crippen molar-refractivity contribution in [2.45, 2.75) is 12.7 Å². The van der Waals surface area contributed by atoms with Crippen molar-refractivity contribution in [3.63, 3.8) is 0 Å². The first kappa shape index (κ1) is 15.7. The van der Waals surface area contributed by atoms with Gasteiger partial charge in [-0.25, -0.2) is 4.39 Å². The lowest BCUT2D eigenvalue weighted by molar-refractivity contribution is -0.175. The van der Waals surface area contributed by atoms with Crippen molar-refractivity contribution in [2.75, 3.05) is 26.9 Å². The van der Waals surface area contributed by atoms with Gasteiger partial charge in [0.05, 0.1) is 6.61 Å². The number of halogens is 4. The largest absolute Gasteiger partial charge is 0.491 e. The Morgan fingerprint density at radius 3 is 2.53 bits per heavy atom. The maximum absolute atomic E-state index is 13.2. The van der Waals surface area contributed by atoms with Gasteiger partial charge in [0.1, 0.15) is 24.8 Å². The Morgan fingerprint density at radius 1 is 1.16 bits per heavy atom. The number of ether oxygens (including phenoxy) is 2. The van der Waals surface area contributed by atoms with E-state index in [9.17, 15) is 17.6 Å². The number of benzene rings is 1. The molecule has 108 valence electrons. The van der Waals surface area contributed by atoms with E-state index >= 15 is 0 Å². The average Bonchev–Trinajstić information content (AvgIpc) is 2.26. The topological polar surface area (TPSA) is 30.5 Å². The average molecular weight is 281 g/mol. The zero-order valence-electron chi connectivity index (χ0n) is 10.4. The molecule has 0 amide bonds. The van der Waals surface area contributed by atoms with Crippen LogP contribution in [0.4, 0.5) is 17.6 Å². The van der Waals surface area contributed by atoms with E-state index in [2.05, 4.69) is 10.1 Å². The first-order valence-electron chi connectivity index (χ1n) is 5.62. The predicted octanol–water partition coefficient (Wildman–Crippen LogP) is 2.50. The van der Waals surface area contributed by atoms with E-state index in [1.807, 2.05) is 0 Å². The number of alkyl halides is 3. The van der Waals surface area contributed by atoms with E-state index in [1.165, 1.54) is 12.1 Å². The van der Waals surface area contributed by atoms with Crippen molar-refractivity contribution < 1.29 is 27.0 Å². The van der Waals surface area contributed by atoms with Crippen molar-refractivity contribution in [2.24, 2.45) is 0 Å². The van der Waals surface area contributed by atoms with Crippen LogP contribution in [0, 0.1) is 5.82 Å². The van der Waals surface area contributed by atoms with E-state index in [-0.39, 0.29) is 19.0 Å². The molecule has 3 nitrogen and oxygen atoms in total. The van der Waals surface area contributed by atoms with Crippen LogP contribution in [0.15, 0.2) is 18.2 Å².